The lowest BCUT2D eigenvalue weighted by atomic mass is 10.1. The van der Waals surface area contributed by atoms with Crippen molar-refractivity contribution in [3.63, 3.8) is 0 Å². The topological polar surface area (TPSA) is 89.4 Å². The summed E-state index contributed by atoms with van der Waals surface area (Å²) in [7, 11) is -3.57. The first-order chi connectivity index (χ1) is 15.8. The Morgan fingerprint density at radius 2 is 1.67 bits per heavy atom. The van der Waals surface area contributed by atoms with E-state index in [2.05, 4.69) is 33.7 Å². The summed E-state index contributed by atoms with van der Waals surface area (Å²) < 4.78 is 34.7. The summed E-state index contributed by atoms with van der Waals surface area (Å²) in [5.41, 5.74) is 2.97. The largest absolute Gasteiger partial charge is 0.484 e. The molecule has 1 aromatic heterocycles. The third-order valence-electron chi connectivity index (χ3n) is 5.27. The van der Waals surface area contributed by atoms with Crippen LogP contribution in [0, 0.1) is 0 Å². The third kappa shape index (κ3) is 4.86. The maximum atomic E-state index is 12.4. The number of carbonyl (C=O) groups is 1. The van der Waals surface area contributed by atoms with E-state index in [1.54, 1.807) is 13.8 Å². The average molecular weight is 466 g/mol. The van der Waals surface area contributed by atoms with E-state index in [1.165, 1.54) is 24.3 Å². The minimum absolute atomic E-state index is 0.146. The predicted molar refractivity (Wildman–Crippen MR) is 131 cm³/mol. The molecule has 0 bridgehead atoms. The van der Waals surface area contributed by atoms with Crippen molar-refractivity contribution in [2.24, 2.45) is 0 Å². The Labute approximate surface area is 193 Å². The zero-order chi connectivity index (χ0) is 23.6. The summed E-state index contributed by atoms with van der Waals surface area (Å²) >= 11 is 0. The molecule has 0 saturated heterocycles. The van der Waals surface area contributed by atoms with Gasteiger partial charge in [-0.1, -0.05) is 18.2 Å². The summed E-state index contributed by atoms with van der Waals surface area (Å²) in [6, 6.07) is 19.9. The van der Waals surface area contributed by atoms with Crippen LogP contribution in [0.5, 0.6) is 5.75 Å². The molecule has 3 aromatic carbocycles. The molecule has 1 heterocycles. The van der Waals surface area contributed by atoms with Crippen molar-refractivity contribution in [3.8, 4) is 5.75 Å². The Bertz CT molecular complexity index is 1410. The molecule has 7 nitrogen and oxygen atoms in total. The first kappa shape index (κ1) is 22.8. The Balaban J connectivity index is 1.43. The van der Waals surface area contributed by atoms with Gasteiger partial charge in [-0.25, -0.2) is 13.1 Å². The van der Waals surface area contributed by atoms with Gasteiger partial charge in [0.1, 0.15) is 5.75 Å². The number of fused-ring (bicyclic) bond motifs is 3. The van der Waals surface area contributed by atoms with E-state index in [-0.39, 0.29) is 23.5 Å². The maximum Gasteiger partial charge on any atom is 0.262 e. The van der Waals surface area contributed by atoms with Crippen LogP contribution in [0.4, 0.5) is 5.69 Å². The fourth-order valence-electron chi connectivity index (χ4n) is 3.91. The zero-order valence-corrected chi connectivity index (χ0v) is 19.6. The quantitative estimate of drug-likeness (QED) is 0.400. The first-order valence-electron chi connectivity index (χ1n) is 10.8. The van der Waals surface area contributed by atoms with E-state index in [0.29, 0.717) is 11.4 Å². The normalized spacial score (nSPS) is 11.9. The van der Waals surface area contributed by atoms with Gasteiger partial charge in [0.05, 0.1) is 4.90 Å². The molecule has 0 unspecified atom stereocenters. The molecule has 0 radical (unpaired) electrons. The summed E-state index contributed by atoms with van der Waals surface area (Å²) in [5, 5.41) is 5.10. The number of nitrogens with one attached hydrogen (secondary N) is 2. The van der Waals surface area contributed by atoms with Crippen molar-refractivity contribution in [1.29, 1.82) is 0 Å². The Hall–Kier alpha value is -3.36. The lowest BCUT2D eigenvalue weighted by Crippen LogP contribution is -2.30. The van der Waals surface area contributed by atoms with Crippen LogP contribution in [-0.2, 0) is 21.4 Å². The fraction of sp³-hybridized carbons (Fsp3) is 0.240. The summed E-state index contributed by atoms with van der Waals surface area (Å²) in [6.45, 7) is 6.30. The van der Waals surface area contributed by atoms with Crippen molar-refractivity contribution in [2.45, 2.75) is 38.3 Å². The van der Waals surface area contributed by atoms with Crippen LogP contribution < -0.4 is 14.8 Å². The number of anilines is 1. The number of carbonyl (C=O) groups excluding carboxylic acids is 1. The highest BCUT2D eigenvalue weighted by molar-refractivity contribution is 7.89. The smallest absolute Gasteiger partial charge is 0.262 e. The highest BCUT2D eigenvalue weighted by Crippen LogP contribution is 2.31. The lowest BCUT2D eigenvalue weighted by Gasteiger charge is -2.11. The monoisotopic (exact) mass is 465 g/mol. The number of hydrogen-bond donors (Lipinski definition) is 2. The molecule has 2 N–H and O–H groups in total. The second kappa shape index (κ2) is 9.25. The first-order valence-corrected chi connectivity index (χ1v) is 12.3. The highest BCUT2D eigenvalue weighted by Gasteiger charge is 2.15. The van der Waals surface area contributed by atoms with Crippen LogP contribution in [0.3, 0.4) is 0 Å². The van der Waals surface area contributed by atoms with Crippen LogP contribution in [0.2, 0.25) is 0 Å². The molecule has 0 aliphatic heterocycles. The second-order valence-corrected chi connectivity index (χ2v) is 9.79. The highest BCUT2D eigenvalue weighted by atomic mass is 32.2. The van der Waals surface area contributed by atoms with Crippen LogP contribution in [0.25, 0.3) is 21.8 Å². The number of nitrogens with zero attached hydrogens (tertiary/aromatic N) is 1. The Kier molecular flexibility index (Phi) is 6.40. The second-order valence-electron chi connectivity index (χ2n) is 8.08. The number of amides is 1. The van der Waals surface area contributed by atoms with Gasteiger partial charge in [-0.3, -0.25) is 4.79 Å². The number of hydrogen-bond acceptors (Lipinski definition) is 4. The number of rotatable bonds is 8. The van der Waals surface area contributed by atoms with Gasteiger partial charge in [0.2, 0.25) is 10.0 Å². The van der Waals surface area contributed by atoms with Crippen molar-refractivity contribution in [2.75, 3.05) is 11.9 Å². The molecule has 0 saturated carbocycles. The molecular weight excluding hydrogens is 438 g/mol. The minimum Gasteiger partial charge on any atom is -0.484 e. The minimum atomic E-state index is -3.57. The van der Waals surface area contributed by atoms with Gasteiger partial charge < -0.3 is 14.6 Å². The van der Waals surface area contributed by atoms with Gasteiger partial charge in [-0.2, -0.15) is 0 Å². The summed E-state index contributed by atoms with van der Waals surface area (Å²) in [5.74, 6) is 0.113. The fourth-order valence-corrected chi connectivity index (χ4v) is 5.16. The van der Waals surface area contributed by atoms with Crippen molar-refractivity contribution in [3.05, 3.63) is 66.7 Å². The summed E-state index contributed by atoms with van der Waals surface area (Å²) in [4.78, 5) is 12.6. The SMILES string of the molecule is CCn1c2ccccc2c2cc(NC(=O)COc3ccc(S(=O)(=O)NC(C)C)cc3)ccc21. The van der Waals surface area contributed by atoms with E-state index >= 15 is 0 Å². The average Bonchev–Trinajstić information content (AvgIpc) is 3.10. The number of aryl methyl sites for hydroxylation is 1. The molecule has 0 aliphatic rings. The molecule has 0 spiro atoms. The Morgan fingerprint density at radius 1 is 0.970 bits per heavy atom. The zero-order valence-electron chi connectivity index (χ0n) is 18.8. The van der Waals surface area contributed by atoms with E-state index in [0.717, 1.165) is 28.4 Å². The molecule has 1 amide bonds. The van der Waals surface area contributed by atoms with Gasteiger partial charge in [0.25, 0.3) is 5.91 Å². The number of ether oxygens (including phenoxy) is 1. The molecule has 33 heavy (non-hydrogen) atoms. The van der Waals surface area contributed by atoms with Gasteiger partial charge in [0, 0.05) is 40.1 Å². The molecule has 4 aromatic rings. The Morgan fingerprint density at radius 3 is 2.36 bits per heavy atom. The van der Waals surface area contributed by atoms with E-state index in [9.17, 15) is 13.2 Å². The van der Waals surface area contributed by atoms with Crippen LogP contribution in [0.15, 0.2) is 71.6 Å². The van der Waals surface area contributed by atoms with Crippen molar-refractivity contribution < 1.29 is 17.9 Å². The molecule has 4 rings (SSSR count). The molecule has 172 valence electrons. The standard InChI is InChI=1S/C25H27N3O4S/c1-4-28-23-8-6-5-7-21(23)22-15-18(9-14-24(22)28)26-25(29)16-32-19-10-12-20(13-11-19)33(30,31)27-17(2)3/h5-15,17,27H,4,16H2,1-3H3,(H,26,29). The van der Waals surface area contributed by atoms with Gasteiger partial charge >= 0.3 is 0 Å². The van der Waals surface area contributed by atoms with Crippen LogP contribution >= 0.6 is 0 Å². The lowest BCUT2D eigenvalue weighted by molar-refractivity contribution is -0.118. The van der Waals surface area contributed by atoms with Gasteiger partial charge in [0.15, 0.2) is 6.61 Å². The van der Waals surface area contributed by atoms with E-state index < -0.39 is 10.0 Å². The van der Waals surface area contributed by atoms with E-state index in [1.807, 2.05) is 30.3 Å². The van der Waals surface area contributed by atoms with Gasteiger partial charge in [-0.15, -0.1) is 0 Å². The predicted octanol–water partition coefficient (Wildman–Crippen LogP) is 4.52. The van der Waals surface area contributed by atoms with Crippen LogP contribution in [-0.4, -0.2) is 31.5 Å². The number of para-hydroxylation sites is 1. The maximum absolute atomic E-state index is 12.4. The van der Waals surface area contributed by atoms with Crippen LogP contribution in [0.1, 0.15) is 20.8 Å². The molecule has 8 heteroatoms. The number of benzene rings is 3. The molecule has 0 aliphatic carbocycles. The molecular formula is C25H27N3O4S. The van der Waals surface area contributed by atoms with E-state index in [4.69, 9.17) is 4.74 Å². The molecule has 0 atom stereocenters. The van der Waals surface area contributed by atoms with Gasteiger partial charge in [-0.05, 0) is 69.3 Å². The number of aromatic nitrogens is 1. The molecule has 0 fully saturated rings. The number of sulfonamides is 1. The third-order valence-corrected chi connectivity index (χ3v) is 6.94. The van der Waals surface area contributed by atoms with Crippen molar-refractivity contribution >= 4 is 43.4 Å². The van der Waals surface area contributed by atoms with Crippen molar-refractivity contribution in [1.82, 2.24) is 9.29 Å². The summed E-state index contributed by atoms with van der Waals surface area (Å²) in [6.07, 6.45) is 0.